The van der Waals surface area contributed by atoms with Crippen molar-refractivity contribution in [2.75, 3.05) is 14.2 Å². The maximum atomic E-state index is 12.8. The Labute approximate surface area is 150 Å². The number of amides is 1. The monoisotopic (exact) mass is 387 g/mol. The quantitative estimate of drug-likeness (QED) is 0.371. The number of nitrogens with one attached hydrogen (secondary N) is 1. The number of nitrogens with zero attached hydrogens (tertiary/aromatic N) is 2. The van der Waals surface area contributed by atoms with Gasteiger partial charge in [0.25, 0.3) is 5.91 Å². The van der Waals surface area contributed by atoms with E-state index in [-0.39, 0.29) is 15.8 Å². The number of amidine groups is 1. The lowest BCUT2D eigenvalue weighted by molar-refractivity contribution is -0.138. The molecule has 26 heavy (non-hydrogen) atoms. The van der Waals surface area contributed by atoms with Gasteiger partial charge in [0.15, 0.2) is 5.17 Å². The zero-order chi connectivity index (χ0) is 19.3. The fraction of sp³-hybridized carbons (Fsp3) is 0.200. The SMILES string of the molecule is COC(=O)/C=C1/S/C(=N\N=Cc2ccc(C(F)(F)F)c(OC)c2)NC1=O. The first-order chi connectivity index (χ1) is 12.2. The second-order valence-electron chi connectivity index (χ2n) is 4.70. The Hall–Kier alpha value is -2.82. The van der Waals surface area contributed by atoms with E-state index in [0.717, 1.165) is 37.1 Å². The van der Waals surface area contributed by atoms with E-state index in [0.29, 0.717) is 5.56 Å². The molecule has 0 atom stereocenters. The molecule has 0 bridgehead atoms. The molecule has 1 aliphatic heterocycles. The van der Waals surface area contributed by atoms with E-state index in [1.807, 2.05) is 0 Å². The number of esters is 1. The highest BCUT2D eigenvalue weighted by molar-refractivity contribution is 8.18. The highest BCUT2D eigenvalue weighted by Crippen LogP contribution is 2.36. The van der Waals surface area contributed by atoms with Crippen LogP contribution in [0.5, 0.6) is 5.75 Å². The van der Waals surface area contributed by atoms with Gasteiger partial charge in [0, 0.05) is 6.08 Å². The minimum absolute atomic E-state index is 0.0852. The average molecular weight is 387 g/mol. The molecule has 1 aromatic carbocycles. The summed E-state index contributed by atoms with van der Waals surface area (Å²) < 4.78 is 47.5. The van der Waals surface area contributed by atoms with Gasteiger partial charge in [-0.2, -0.15) is 18.3 Å². The number of rotatable bonds is 4. The van der Waals surface area contributed by atoms with Gasteiger partial charge >= 0.3 is 12.1 Å². The Balaban J connectivity index is 2.14. The number of ether oxygens (including phenoxy) is 2. The van der Waals surface area contributed by atoms with E-state index in [1.54, 1.807) is 0 Å². The highest BCUT2D eigenvalue weighted by Gasteiger charge is 2.34. The topological polar surface area (TPSA) is 89.3 Å². The van der Waals surface area contributed by atoms with Gasteiger partial charge < -0.3 is 9.47 Å². The van der Waals surface area contributed by atoms with Crippen LogP contribution >= 0.6 is 11.8 Å². The maximum Gasteiger partial charge on any atom is 0.419 e. The van der Waals surface area contributed by atoms with Gasteiger partial charge in [0.05, 0.1) is 30.9 Å². The number of alkyl halides is 3. The molecule has 1 heterocycles. The van der Waals surface area contributed by atoms with Crippen LogP contribution < -0.4 is 10.1 Å². The second-order valence-corrected chi connectivity index (χ2v) is 5.73. The fourth-order valence-corrected chi connectivity index (χ4v) is 2.55. The van der Waals surface area contributed by atoms with Crippen molar-refractivity contribution in [2.45, 2.75) is 6.18 Å². The Morgan fingerprint density at radius 2 is 2.04 bits per heavy atom. The van der Waals surface area contributed by atoms with Crippen molar-refractivity contribution in [2.24, 2.45) is 10.2 Å². The lowest BCUT2D eigenvalue weighted by Crippen LogP contribution is -2.19. The molecule has 0 saturated carbocycles. The molecule has 138 valence electrons. The molecule has 1 amide bonds. The summed E-state index contributed by atoms with van der Waals surface area (Å²) in [6.07, 6.45) is -2.33. The number of carbonyl (C=O) groups excluding carboxylic acids is 2. The number of hydrogen-bond acceptors (Lipinski definition) is 7. The molecule has 1 aromatic rings. The van der Waals surface area contributed by atoms with Crippen molar-refractivity contribution >= 4 is 35.0 Å². The summed E-state index contributed by atoms with van der Waals surface area (Å²) >= 11 is 0.873. The lowest BCUT2D eigenvalue weighted by Gasteiger charge is -2.11. The first-order valence-electron chi connectivity index (χ1n) is 6.89. The van der Waals surface area contributed by atoms with Gasteiger partial charge in [-0.1, -0.05) is 6.07 Å². The van der Waals surface area contributed by atoms with E-state index in [2.05, 4.69) is 20.3 Å². The third-order valence-corrected chi connectivity index (χ3v) is 3.89. The number of methoxy groups -OCH3 is 2. The fourth-order valence-electron chi connectivity index (χ4n) is 1.81. The van der Waals surface area contributed by atoms with Crippen molar-refractivity contribution < 1.29 is 32.2 Å². The second kappa shape index (κ2) is 8.04. The van der Waals surface area contributed by atoms with Crippen LogP contribution in [0, 0.1) is 0 Å². The molecule has 0 aliphatic carbocycles. The minimum atomic E-state index is -4.53. The van der Waals surface area contributed by atoms with Crippen molar-refractivity contribution in [3.63, 3.8) is 0 Å². The van der Waals surface area contributed by atoms with Crippen LogP contribution in [-0.4, -0.2) is 37.5 Å². The molecule has 11 heteroatoms. The smallest absolute Gasteiger partial charge is 0.419 e. The Morgan fingerprint density at radius 3 is 2.65 bits per heavy atom. The lowest BCUT2D eigenvalue weighted by atomic mass is 10.1. The Morgan fingerprint density at radius 1 is 1.31 bits per heavy atom. The van der Waals surface area contributed by atoms with Gasteiger partial charge in [0.1, 0.15) is 5.75 Å². The summed E-state index contributed by atoms with van der Waals surface area (Å²) in [7, 11) is 2.31. The van der Waals surface area contributed by atoms with Crippen LogP contribution in [0.4, 0.5) is 13.2 Å². The van der Waals surface area contributed by atoms with Crippen LogP contribution in [-0.2, 0) is 20.5 Å². The Kier molecular flexibility index (Phi) is 6.03. The van der Waals surface area contributed by atoms with E-state index in [4.69, 9.17) is 4.74 Å². The molecular weight excluding hydrogens is 375 g/mol. The summed E-state index contributed by atoms with van der Waals surface area (Å²) in [6.45, 7) is 0. The third-order valence-electron chi connectivity index (χ3n) is 2.99. The van der Waals surface area contributed by atoms with Gasteiger partial charge in [-0.15, -0.1) is 5.10 Å². The number of carbonyl (C=O) groups is 2. The molecule has 0 aromatic heterocycles. The molecule has 1 N–H and O–H groups in total. The van der Waals surface area contributed by atoms with E-state index in [1.165, 1.54) is 19.4 Å². The van der Waals surface area contributed by atoms with Gasteiger partial charge in [-0.05, 0) is 29.5 Å². The van der Waals surface area contributed by atoms with E-state index < -0.39 is 23.6 Å². The molecule has 0 unspecified atom stereocenters. The summed E-state index contributed by atoms with van der Waals surface area (Å²) in [5.41, 5.74) is -0.585. The number of hydrogen-bond donors (Lipinski definition) is 1. The van der Waals surface area contributed by atoms with Crippen LogP contribution in [0.25, 0.3) is 0 Å². The summed E-state index contributed by atoms with van der Waals surface area (Å²) in [5, 5.41) is 9.94. The van der Waals surface area contributed by atoms with Crippen LogP contribution in [0.15, 0.2) is 39.4 Å². The molecule has 7 nitrogen and oxygen atoms in total. The van der Waals surface area contributed by atoms with Gasteiger partial charge in [0.2, 0.25) is 0 Å². The van der Waals surface area contributed by atoms with Crippen molar-refractivity contribution in [3.8, 4) is 5.75 Å². The van der Waals surface area contributed by atoms with Crippen molar-refractivity contribution in [1.29, 1.82) is 0 Å². The predicted molar refractivity (Wildman–Crippen MR) is 88.9 cm³/mol. The number of benzene rings is 1. The largest absolute Gasteiger partial charge is 0.496 e. The first kappa shape index (κ1) is 19.5. The summed E-state index contributed by atoms with van der Waals surface area (Å²) in [4.78, 5) is 22.8. The number of halogens is 3. The van der Waals surface area contributed by atoms with Gasteiger partial charge in [-0.3, -0.25) is 10.1 Å². The standard InChI is InChI=1S/C15H12F3N3O4S/c1-24-10-5-8(3-4-9(10)15(16,17)18)7-19-21-14-20-13(23)11(26-14)6-12(22)25-2/h3-7H,1-2H3,(H,20,21,23)/b11-6+,19-7?. The third kappa shape index (κ3) is 4.85. The molecular formula is C15H12F3N3O4S. The zero-order valence-corrected chi connectivity index (χ0v) is 14.3. The minimum Gasteiger partial charge on any atom is -0.496 e. The average Bonchev–Trinajstić information content (AvgIpc) is 2.93. The predicted octanol–water partition coefficient (Wildman–Crippen LogP) is 2.32. The highest BCUT2D eigenvalue weighted by atomic mass is 32.2. The molecule has 1 fully saturated rings. The molecule has 1 saturated heterocycles. The van der Waals surface area contributed by atoms with E-state index >= 15 is 0 Å². The number of thioether (sulfide) groups is 1. The van der Waals surface area contributed by atoms with Gasteiger partial charge in [-0.25, -0.2) is 4.79 Å². The zero-order valence-electron chi connectivity index (χ0n) is 13.5. The molecule has 0 radical (unpaired) electrons. The van der Waals surface area contributed by atoms with Crippen LogP contribution in [0.2, 0.25) is 0 Å². The summed E-state index contributed by atoms with van der Waals surface area (Å²) in [6, 6.07) is 3.24. The normalized spacial score (nSPS) is 17.8. The first-order valence-corrected chi connectivity index (χ1v) is 7.71. The van der Waals surface area contributed by atoms with E-state index in [9.17, 15) is 22.8 Å². The molecule has 2 rings (SSSR count). The van der Waals surface area contributed by atoms with Crippen molar-refractivity contribution in [1.82, 2.24) is 5.32 Å². The van der Waals surface area contributed by atoms with Crippen molar-refractivity contribution in [3.05, 3.63) is 40.3 Å². The van der Waals surface area contributed by atoms with Crippen LogP contribution in [0.3, 0.4) is 0 Å². The molecule has 1 aliphatic rings. The molecule has 0 spiro atoms. The maximum absolute atomic E-state index is 12.8. The Bertz CT molecular complexity index is 819. The van der Waals surface area contributed by atoms with Crippen LogP contribution in [0.1, 0.15) is 11.1 Å². The summed E-state index contributed by atoms with van der Waals surface area (Å²) in [5.74, 6) is -1.57.